The highest BCUT2D eigenvalue weighted by molar-refractivity contribution is 9.10. The molecule has 0 aromatic heterocycles. The first kappa shape index (κ1) is 15.0. The molecule has 0 saturated heterocycles. The van der Waals surface area contributed by atoms with Crippen LogP contribution in [0.25, 0.3) is 0 Å². The van der Waals surface area contributed by atoms with E-state index in [1.54, 1.807) is 18.2 Å². The first-order chi connectivity index (χ1) is 7.91. The van der Waals surface area contributed by atoms with Gasteiger partial charge < -0.3 is 10.2 Å². The monoisotopic (exact) mass is 338 g/mol. The maximum atomic E-state index is 10.8. The van der Waals surface area contributed by atoms with Gasteiger partial charge in [0, 0.05) is 27.7 Å². The van der Waals surface area contributed by atoms with E-state index in [0.717, 1.165) is 16.2 Å². The number of rotatable bonds is 4. The van der Waals surface area contributed by atoms with E-state index in [9.17, 15) is 15.0 Å². The zero-order valence-electron chi connectivity index (χ0n) is 9.06. The molecule has 1 aromatic carbocycles. The molecule has 0 fully saturated rings. The fraction of sp³-hybridized carbons (Fsp3) is 0.364. The molecular formula is C11H12BrClO3S. The van der Waals surface area contributed by atoms with Crippen molar-refractivity contribution in [2.24, 2.45) is 0 Å². The SMILES string of the molecule is CC(=O)SCC(O)C(O)c1cc(Br)ccc1Cl. The quantitative estimate of drug-likeness (QED) is 0.885. The van der Waals surface area contributed by atoms with E-state index < -0.39 is 12.2 Å². The summed E-state index contributed by atoms with van der Waals surface area (Å²) in [6.07, 6.45) is -2.14. The van der Waals surface area contributed by atoms with Gasteiger partial charge in [0.05, 0.1) is 6.10 Å². The highest BCUT2D eigenvalue weighted by Crippen LogP contribution is 2.29. The molecule has 0 radical (unpaired) electrons. The smallest absolute Gasteiger partial charge is 0.185 e. The molecule has 3 nitrogen and oxygen atoms in total. The lowest BCUT2D eigenvalue weighted by Crippen LogP contribution is -2.21. The summed E-state index contributed by atoms with van der Waals surface area (Å²) in [5.41, 5.74) is 0.442. The second-order valence-electron chi connectivity index (χ2n) is 3.48. The molecule has 1 rings (SSSR count). The molecule has 94 valence electrons. The van der Waals surface area contributed by atoms with Crippen molar-refractivity contribution in [3.63, 3.8) is 0 Å². The highest BCUT2D eigenvalue weighted by atomic mass is 79.9. The predicted octanol–water partition coefficient (Wildman–Crippen LogP) is 2.78. The molecular weight excluding hydrogens is 328 g/mol. The molecule has 2 unspecified atom stereocenters. The van der Waals surface area contributed by atoms with Gasteiger partial charge in [0.15, 0.2) is 5.12 Å². The number of carbonyl (C=O) groups is 1. The number of aliphatic hydroxyl groups excluding tert-OH is 2. The van der Waals surface area contributed by atoms with Crippen LogP contribution in [-0.4, -0.2) is 27.2 Å². The molecule has 0 spiro atoms. The molecule has 2 atom stereocenters. The van der Waals surface area contributed by atoms with Crippen LogP contribution in [0.15, 0.2) is 22.7 Å². The van der Waals surface area contributed by atoms with Gasteiger partial charge >= 0.3 is 0 Å². The van der Waals surface area contributed by atoms with Gasteiger partial charge in [0.25, 0.3) is 0 Å². The number of aliphatic hydroxyl groups is 2. The van der Waals surface area contributed by atoms with Gasteiger partial charge in [-0.25, -0.2) is 0 Å². The van der Waals surface area contributed by atoms with Crippen LogP contribution < -0.4 is 0 Å². The molecule has 1 aromatic rings. The Morgan fingerprint density at radius 2 is 2.18 bits per heavy atom. The van der Waals surface area contributed by atoms with Crippen molar-refractivity contribution in [1.29, 1.82) is 0 Å². The lowest BCUT2D eigenvalue weighted by Gasteiger charge is -2.18. The number of carbonyl (C=O) groups excluding carboxylic acids is 1. The van der Waals surface area contributed by atoms with Crippen LogP contribution in [-0.2, 0) is 4.79 Å². The third-order valence-corrected chi connectivity index (χ3v) is 3.85. The van der Waals surface area contributed by atoms with E-state index in [1.807, 2.05) is 0 Å². The average molecular weight is 340 g/mol. The molecule has 6 heteroatoms. The number of benzene rings is 1. The van der Waals surface area contributed by atoms with E-state index >= 15 is 0 Å². The lowest BCUT2D eigenvalue weighted by molar-refractivity contribution is -0.109. The molecule has 17 heavy (non-hydrogen) atoms. The number of hydrogen-bond acceptors (Lipinski definition) is 4. The summed E-state index contributed by atoms with van der Waals surface area (Å²) >= 11 is 10.2. The summed E-state index contributed by atoms with van der Waals surface area (Å²) in [5, 5.41) is 19.9. The Bertz CT molecular complexity index is 414. The third kappa shape index (κ3) is 4.60. The Hall–Kier alpha value is -0.0700. The Morgan fingerprint density at radius 3 is 2.76 bits per heavy atom. The van der Waals surface area contributed by atoms with E-state index in [-0.39, 0.29) is 10.9 Å². The van der Waals surface area contributed by atoms with Crippen LogP contribution in [0.3, 0.4) is 0 Å². The fourth-order valence-corrected chi connectivity index (χ4v) is 2.44. The van der Waals surface area contributed by atoms with Crippen molar-refractivity contribution in [3.05, 3.63) is 33.3 Å². The Morgan fingerprint density at radius 1 is 1.53 bits per heavy atom. The zero-order chi connectivity index (χ0) is 13.0. The molecule has 0 aliphatic heterocycles. The van der Waals surface area contributed by atoms with Crippen LogP contribution in [0.2, 0.25) is 5.02 Å². The Kier molecular flexibility index (Phi) is 5.95. The summed E-state index contributed by atoms with van der Waals surface area (Å²) in [5.74, 6) is 0.138. The average Bonchev–Trinajstić information content (AvgIpc) is 2.28. The number of thioether (sulfide) groups is 1. The third-order valence-electron chi connectivity index (χ3n) is 2.10. The van der Waals surface area contributed by atoms with Gasteiger partial charge in [0.1, 0.15) is 6.10 Å². The van der Waals surface area contributed by atoms with Crippen molar-refractivity contribution < 1.29 is 15.0 Å². The normalized spacial score (nSPS) is 14.4. The summed E-state index contributed by atoms with van der Waals surface area (Å²) in [6.45, 7) is 1.41. The summed E-state index contributed by atoms with van der Waals surface area (Å²) < 4.78 is 0.766. The van der Waals surface area contributed by atoms with E-state index in [4.69, 9.17) is 11.6 Å². The van der Waals surface area contributed by atoms with Crippen LogP contribution >= 0.6 is 39.3 Å². The number of halogens is 2. The van der Waals surface area contributed by atoms with Crippen LogP contribution in [0.5, 0.6) is 0 Å². The maximum absolute atomic E-state index is 10.8. The second kappa shape index (κ2) is 6.75. The molecule has 0 saturated carbocycles. The van der Waals surface area contributed by atoms with E-state index in [0.29, 0.717) is 10.6 Å². The van der Waals surface area contributed by atoms with Crippen LogP contribution in [0.1, 0.15) is 18.6 Å². The van der Waals surface area contributed by atoms with Crippen LogP contribution in [0, 0.1) is 0 Å². The van der Waals surface area contributed by atoms with E-state index in [2.05, 4.69) is 15.9 Å². The fourth-order valence-electron chi connectivity index (χ4n) is 1.24. The number of hydrogen-bond donors (Lipinski definition) is 2. The van der Waals surface area contributed by atoms with Crippen molar-refractivity contribution in [1.82, 2.24) is 0 Å². The summed E-state index contributed by atoms with van der Waals surface area (Å²) in [4.78, 5) is 10.8. The molecule has 0 aliphatic rings. The van der Waals surface area contributed by atoms with Crippen molar-refractivity contribution in [2.45, 2.75) is 19.1 Å². The lowest BCUT2D eigenvalue weighted by atomic mass is 10.1. The van der Waals surface area contributed by atoms with Gasteiger partial charge in [-0.15, -0.1) is 0 Å². The highest BCUT2D eigenvalue weighted by Gasteiger charge is 2.21. The first-order valence-electron chi connectivity index (χ1n) is 4.86. The summed E-state index contributed by atoms with van der Waals surface area (Å²) in [7, 11) is 0. The van der Waals surface area contributed by atoms with Crippen LogP contribution in [0.4, 0.5) is 0 Å². The topological polar surface area (TPSA) is 57.5 Å². The largest absolute Gasteiger partial charge is 0.389 e. The Labute approximate surface area is 117 Å². The minimum Gasteiger partial charge on any atom is -0.389 e. The molecule has 0 aliphatic carbocycles. The minimum atomic E-state index is -1.10. The van der Waals surface area contributed by atoms with Crippen molar-refractivity contribution >= 4 is 44.4 Å². The van der Waals surface area contributed by atoms with Gasteiger partial charge in [0.2, 0.25) is 0 Å². The first-order valence-corrected chi connectivity index (χ1v) is 7.02. The van der Waals surface area contributed by atoms with Gasteiger partial charge in [-0.3, -0.25) is 4.79 Å². The molecule has 2 N–H and O–H groups in total. The molecule has 0 heterocycles. The standard InChI is InChI=1S/C11H12BrClO3S/c1-6(14)17-5-10(15)11(16)8-4-7(12)2-3-9(8)13/h2-4,10-11,15-16H,5H2,1H3. The van der Waals surface area contributed by atoms with Gasteiger partial charge in [-0.05, 0) is 18.2 Å². The minimum absolute atomic E-state index is 0.100. The Balaban J connectivity index is 2.77. The van der Waals surface area contributed by atoms with Crippen molar-refractivity contribution in [3.8, 4) is 0 Å². The van der Waals surface area contributed by atoms with Gasteiger partial charge in [-0.2, -0.15) is 0 Å². The molecule has 0 bridgehead atoms. The molecule has 0 amide bonds. The van der Waals surface area contributed by atoms with Gasteiger partial charge in [-0.1, -0.05) is 39.3 Å². The van der Waals surface area contributed by atoms with E-state index in [1.165, 1.54) is 6.92 Å². The maximum Gasteiger partial charge on any atom is 0.185 e. The zero-order valence-corrected chi connectivity index (χ0v) is 12.2. The van der Waals surface area contributed by atoms with Crippen molar-refractivity contribution in [2.75, 3.05) is 5.75 Å². The predicted molar refractivity (Wildman–Crippen MR) is 73.3 cm³/mol. The second-order valence-corrected chi connectivity index (χ2v) is 6.00. The summed E-state index contributed by atoms with van der Waals surface area (Å²) in [6, 6.07) is 5.03.